The molecule has 0 aromatic heterocycles. The molecule has 0 aliphatic rings. The van der Waals surface area contributed by atoms with Crippen molar-refractivity contribution in [1.29, 1.82) is 0 Å². The van der Waals surface area contributed by atoms with Crippen LogP contribution in [0.3, 0.4) is 0 Å². The number of benzene rings is 1. The first-order valence-corrected chi connectivity index (χ1v) is 14.5. The van der Waals surface area contributed by atoms with E-state index in [2.05, 4.69) is 20.9 Å². The number of carbonyl (C=O) groups excluding carboxylic acids is 3. The number of hydrogen-bond acceptors (Lipinski definition) is 8. The van der Waals surface area contributed by atoms with Crippen molar-refractivity contribution in [3.05, 3.63) is 29.8 Å². The third-order valence-electron chi connectivity index (χ3n) is 6.33. The lowest BCUT2D eigenvalue weighted by atomic mass is 9.98. The number of amides is 3. The van der Waals surface area contributed by atoms with Gasteiger partial charge >= 0.3 is 5.97 Å². The quantitative estimate of drug-likeness (QED) is 0.0637. The summed E-state index contributed by atoms with van der Waals surface area (Å²) < 4.78 is 0. The fourth-order valence-electron chi connectivity index (χ4n) is 3.74. The second-order valence-electron chi connectivity index (χ2n) is 9.54. The molecule has 1 aromatic carbocycles. The number of carbonyl (C=O) groups is 4. The number of carboxylic acids is 1. The van der Waals surface area contributed by atoms with Crippen molar-refractivity contribution in [2.24, 2.45) is 28.1 Å². The summed E-state index contributed by atoms with van der Waals surface area (Å²) in [5.41, 5.74) is 17.5. The van der Waals surface area contributed by atoms with Gasteiger partial charge in [-0.1, -0.05) is 32.4 Å². The van der Waals surface area contributed by atoms with Crippen LogP contribution in [0.4, 0.5) is 0 Å². The van der Waals surface area contributed by atoms with Gasteiger partial charge in [0.1, 0.15) is 23.9 Å². The van der Waals surface area contributed by atoms with Gasteiger partial charge in [0.05, 0.1) is 6.04 Å². The highest BCUT2D eigenvalue weighted by Gasteiger charge is 2.31. The molecule has 224 valence electrons. The Kier molecular flexibility index (Phi) is 15.5. The number of thioether (sulfide) groups is 1. The van der Waals surface area contributed by atoms with E-state index < -0.39 is 47.9 Å². The first-order chi connectivity index (χ1) is 18.9. The van der Waals surface area contributed by atoms with Gasteiger partial charge in [0.25, 0.3) is 0 Å². The molecule has 1 aromatic rings. The zero-order valence-electron chi connectivity index (χ0n) is 23.3. The number of phenols is 1. The van der Waals surface area contributed by atoms with Gasteiger partial charge in [-0.15, -0.1) is 0 Å². The molecule has 0 radical (unpaired) electrons. The van der Waals surface area contributed by atoms with E-state index in [1.165, 1.54) is 23.9 Å². The third-order valence-corrected chi connectivity index (χ3v) is 6.97. The maximum atomic E-state index is 13.3. The van der Waals surface area contributed by atoms with Crippen LogP contribution in [0, 0.1) is 5.92 Å². The van der Waals surface area contributed by atoms with Crippen molar-refractivity contribution in [2.45, 2.75) is 70.1 Å². The van der Waals surface area contributed by atoms with E-state index in [-0.39, 0.29) is 43.4 Å². The lowest BCUT2D eigenvalue weighted by Gasteiger charge is -2.26. The molecule has 0 saturated heterocycles. The largest absolute Gasteiger partial charge is 0.508 e. The zero-order chi connectivity index (χ0) is 30.2. The van der Waals surface area contributed by atoms with Crippen molar-refractivity contribution < 1.29 is 29.4 Å². The Labute approximate surface area is 239 Å². The van der Waals surface area contributed by atoms with E-state index in [1.54, 1.807) is 19.1 Å². The molecular formula is C26H43N7O6S. The maximum Gasteiger partial charge on any atom is 0.326 e. The molecule has 40 heavy (non-hydrogen) atoms. The number of rotatable bonds is 18. The summed E-state index contributed by atoms with van der Waals surface area (Å²) in [5, 5.41) is 26.9. The number of hydrogen-bond donors (Lipinski definition) is 8. The molecule has 11 N–H and O–H groups in total. The van der Waals surface area contributed by atoms with Gasteiger partial charge in [0.15, 0.2) is 5.96 Å². The van der Waals surface area contributed by atoms with Crippen molar-refractivity contribution in [3.63, 3.8) is 0 Å². The normalized spacial score (nSPS) is 14.6. The van der Waals surface area contributed by atoms with Gasteiger partial charge in [-0.3, -0.25) is 19.4 Å². The van der Waals surface area contributed by atoms with Crippen LogP contribution >= 0.6 is 11.8 Å². The fourth-order valence-corrected chi connectivity index (χ4v) is 4.21. The Hall–Kier alpha value is -3.52. The highest BCUT2D eigenvalue weighted by atomic mass is 32.2. The molecule has 5 unspecified atom stereocenters. The van der Waals surface area contributed by atoms with Crippen molar-refractivity contribution in [1.82, 2.24) is 16.0 Å². The Bertz CT molecular complexity index is 1000. The number of carboxylic acid groups (broad SMARTS) is 1. The second kappa shape index (κ2) is 17.9. The topological polar surface area (TPSA) is 235 Å². The molecule has 0 bridgehead atoms. The smallest absolute Gasteiger partial charge is 0.326 e. The summed E-state index contributed by atoms with van der Waals surface area (Å²) in [4.78, 5) is 54.9. The molecule has 0 heterocycles. The van der Waals surface area contributed by atoms with E-state index in [0.717, 1.165) is 5.56 Å². The number of nitrogens with two attached hydrogens (primary N) is 3. The highest BCUT2D eigenvalue weighted by molar-refractivity contribution is 7.98. The van der Waals surface area contributed by atoms with Crippen LogP contribution in [0.1, 0.15) is 45.1 Å². The lowest BCUT2D eigenvalue weighted by molar-refractivity contribution is -0.144. The van der Waals surface area contributed by atoms with E-state index in [4.69, 9.17) is 17.2 Å². The maximum absolute atomic E-state index is 13.3. The van der Waals surface area contributed by atoms with Gasteiger partial charge in [0, 0.05) is 6.54 Å². The minimum atomic E-state index is -1.18. The van der Waals surface area contributed by atoms with Gasteiger partial charge in [-0.2, -0.15) is 11.8 Å². The van der Waals surface area contributed by atoms with Crippen LogP contribution in [-0.4, -0.2) is 82.6 Å². The fraction of sp³-hybridized carbons (Fsp3) is 0.577. The molecular weight excluding hydrogens is 538 g/mol. The minimum Gasteiger partial charge on any atom is -0.508 e. The molecule has 5 atom stereocenters. The van der Waals surface area contributed by atoms with Crippen LogP contribution in [0.2, 0.25) is 0 Å². The molecule has 0 aliphatic heterocycles. The lowest BCUT2D eigenvalue weighted by Crippen LogP contribution is -2.58. The van der Waals surface area contributed by atoms with Gasteiger partial charge in [-0.05, 0) is 61.3 Å². The molecule has 13 nitrogen and oxygen atoms in total. The molecule has 0 saturated carbocycles. The summed E-state index contributed by atoms with van der Waals surface area (Å²) in [5.74, 6) is -2.82. The van der Waals surface area contributed by atoms with Crippen molar-refractivity contribution >= 4 is 41.4 Å². The van der Waals surface area contributed by atoms with Crippen LogP contribution in [-0.2, 0) is 25.6 Å². The SMILES string of the molecule is CCC(C)C(NC(=O)C(CCCN=C(N)N)NC(=O)C(CCSC)NC(=O)C(N)Cc1ccc(O)cc1)C(=O)O. The Morgan fingerprint density at radius 1 is 0.975 bits per heavy atom. The molecule has 14 heteroatoms. The minimum absolute atomic E-state index is 0.0892. The first-order valence-electron chi connectivity index (χ1n) is 13.1. The predicted molar refractivity (Wildman–Crippen MR) is 156 cm³/mol. The standard InChI is InChI=1S/C26H43N7O6S/c1-4-15(2)21(25(38)39)33-24(37)19(6-5-12-30-26(28)29)32-23(36)20(11-13-40-3)31-22(35)18(27)14-16-7-9-17(34)10-8-16/h7-10,15,18-21,34H,4-6,11-14,27H2,1-3H3,(H,31,35)(H,32,36)(H,33,37)(H,38,39)(H4,28,29,30). The molecule has 1 rings (SSSR count). The number of nitrogens with one attached hydrogen (secondary N) is 3. The number of phenolic OH excluding ortho intramolecular Hbond substituents is 1. The Morgan fingerprint density at radius 2 is 1.55 bits per heavy atom. The van der Waals surface area contributed by atoms with Gasteiger partial charge in [0.2, 0.25) is 17.7 Å². The predicted octanol–water partition coefficient (Wildman–Crippen LogP) is -0.346. The highest BCUT2D eigenvalue weighted by Crippen LogP contribution is 2.12. The monoisotopic (exact) mass is 581 g/mol. The number of guanidine groups is 1. The Morgan fingerprint density at radius 3 is 2.10 bits per heavy atom. The summed E-state index contributed by atoms with van der Waals surface area (Å²) in [7, 11) is 0. The molecule has 0 aliphatic carbocycles. The average molecular weight is 582 g/mol. The average Bonchev–Trinajstić information content (AvgIpc) is 2.91. The summed E-state index contributed by atoms with van der Waals surface area (Å²) in [6.07, 6.45) is 3.30. The van der Waals surface area contributed by atoms with E-state index in [0.29, 0.717) is 18.6 Å². The summed E-state index contributed by atoms with van der Waals surface area (Å²) >= 11 is 1.48. The van der Waals surface area contributed by atoms with Crippen LogP contribution < -0.4 is 33.2 Å². The van der Waals surface area contributed by atoms with Crippen molar-refractivity contribution in [3.8, 4) is 5.75 Å². The van der Waals surface area contributed by atoms with E-state index in [9.17, 15) is 29.4 Å². The van der Waals surface area contributed by atoms with Crippen LogP contribution in [0.15, 0.2) is 29.3 Å². The number of aliphatic carboxylic acids is 1. The van der Waals surface area contributed by atoms with Gasteiger partial charge in [-0.25, -0.2) is 4.79 Å². The number of aliphatic imine (C=N–C) groups is 1. The molecule has 0 fully saturated rings. The van der Waals surface area contributed by atoms with E-state index in [1.807, 2.05) is 13.2 Å². The van der Waals surface area contributed by atoms with E-state index >= 15 is 0 Å². The second-order valence-corrected chi connectivity index (χ2v) is 10.5. The zero-order valence-corrected chi connectivity index (χ0v) is 24.1. The van der Waals surface area contributed by atoms with Gasteiger partial charge < -0.3 is 43.4 Å². The number of nitrogens with zero attached hydrogens (tertiary/aromatic N) is 1. The Balaban J connectivity index is 3.03. The number of aromatic hydroxyl groups is 1. The molecule has 3 amide bonds. The summed E-state index contributed by atoms with van der Waals surface area (Å²) in [6, 6.07) is 2.10. The first kappa shape index (κ1) is 34.5. The van der Waals surface area contributed by atoms with Crippen LogP contribution in [0.5, 0.6) is 5.75 Å². The summed E-state index contributed by atoms with van der Waals surface area (Å²) in [6.45, 7) is 3.72. The third kappa shape index (κ3) is 12.6. The van der Waals surface area contributed by atoms with Crippen LogP contribution in [0.25, 0.3) is 0 Å². The molecule has 0 spiro atoms. The van der Waals surface area contributed by atoms with Crippen molar-refractivity contribution in [2.75, 3.05) is 18.6 Å².